The number of rotatable bonds is 2. The van der Waals surface area contributed by atoms with E-state index >= 15 is 0 Å². The van der Waals surface area contributed by atoms with Crippen molar-refractivity contribution in [3.8, 4) is 11.1 Å². The highest BCUT2D eigenvalue weighted by Gasteiger charge is 2.03. The zero-order valence-electron chi connectivity index (χ0n) is 10.7. The normalized spacial score (nSPS) is 12.4. The summed E-state index contributed by atoms with van der Waals surface area (Å²) in [4.78, 5) is 1.32. The monoisotopic (exact) mass is 242 g/mol. The lowest BCUT2D eigenvalue weighted by Crippen LogP contribution is -1.86. The molecule has 17 heavy (non-hydrogen) atoms. The van der Waals surface area contributed by atoms with E-state index in [1.165, 1.54) is 27.1 Å². The van der Waals surface area contributed by atoms with Gasteiger partial charge in [-0.2, -0.15) is 10.5 Å². The second-order valence-corrected chi connectivity index (χ2v) is 6.15. The molecule has 0 saturated heterocycles. The summed E-state index contributed by atoms with van der Waals surface area (Å²) in [5, 5.41) is 0. The molecule has 2 aromatic rings. The van der Waals surface area contributed by atoms with Crippen LogP contribution in [-0.2, 0) is 0 Å². The zero-order valence-corrected chi connectivity index (χ0v) is 11.5. The molecule has 0 radical (unpaired) electrons. The van der Waals surface area contributed by atoms with Gasteiger partial charge in [0.25, 0.3) is 0 Å². The van der Waals surface area contributed by atoms with Crippen molar-refractivity contribution in [3.63, 3.8) is 0 Å². The van der Waals surface area contributed by atoms with E-state index in [0.29, 0.717) is 0 Å². The Morgan fingerprint density at radius 1 is 0.941 bits per heavy atom. The maximum absolute atomic E-state index is 4.07. The standard InChI is InChI=1S/C16H18S/c1-12-6-5-7-16(13(12)2)14-8-10-15(11-9-14)17(3)4/h5-11H,3H2,1-2,4H3. The van der Waals surface area contributed by atoms with Gasteiger partial charge in [-0.05, 0) is 54.5 Å². The van der Waals surface area contributed by atoms with E-state index in [0.717, 1.165) is 0 Å². The van der Waals surface area contributed by atoms with Crippen molar-refractivity contribution in [2.45, 2.75) is 18.7 Å². The van der Waals surface area contributed by atoms with Gasteiger partial charge in [-0.3, -0.25) is 0 Å². The summed E-state index contributed by atoms with van der Waals surface area (Å²) < 4.78 is 0. The molecule has 0 nitrogen and oxygen atoms in total. The smallest absolute Gasteiger partial charge is 0.000895 e. The zero-order chi connectivity index (χ0) is 12.4. The Balaban J connectivity index is 2.47. The second-order valence-electron chi connectivity index (χ2n) is 4.41. The average molecular weight is 242 g/mol. The van der Waals surface area contributed by atoms with Crippen molar-refractivity contribution in [3.05, 3.63) is 53.6 Å². The van der Waals surface area contributed by atoms with Gasteiger partial charge in [0.15, 0.2) is 0 Å². The first-order valence-corrected chi connectivity index (χ1v) is 7.52. The van der Waals surface area contributed by atoms with E-state index in [1.54, 1.807) is 0 Å². The third-order valence-corrected chi connectivity index (χ3v) is 4.25. The largest absolute Gasteiger partial charge is 0.165 e. The van der Waals surface area contributed by atoms with Crippen molar-refractivity contribution in [1.29, 1.82) is 0 Å². The SMILES string of the molecule is C=S(C)c1ccc(-c2cccc(C)c2C)cc1. The van der Waals surface area contributed by atoms with Crippen LogP contribution in [0.25, 0.3) is 11.1 Å². The molecule has 0 fully saturated rings. The molecule has 2 aromatic carbocycles. The van der Waals surface area contributed by atoms with Crippen molar-refractivity contribution in [2.24, 2.45) is 0 Å². The molecule has 0 saturated carbocycles. The lowest BCUT2D eigenvalue weighted by molar-refractivity contribution is 1.33. The molecule has 0 aromatic heterocycles. The lowest BCUT2D eigenvalue weighted by Gasteiger charge is -2.09. The number of hydrogen-bond donors (Lipinski definition) is 0. The molecule has 0 aliphatic carbocycles. The molecule has 0 N–H and O–H groups in total. The quantitative estimate of drug-likeness (QED) is 0.672. The fourth-order valence-electron chi connectivity index (χ4n) is 1.93. The second kappa shape index (κ2) is 4.89. The Bertz CT molecular complexity index is 550. The molecule has 2 rings (SSSR count). The highest BCUT2D eigenvalue weighted by Crippen LogP contribution is 2.28. The molecule has 1 unspecified atom stereocenters. The van der Waals surface area contributed by atoms with Crippen LogP contribution in [0, 0.1) is 13.8 Å². The van der Waals surface area contributed by atoms with E-state index in [-0.39, 0.29) is 10.5 Å². The number of benzene rings is 2. The number of aryl methyl sites for hydroxylation is 1. The van der Waals surface area contributed by atoms with Crippen molar-refractivity contribution < 1.29 is 0 Å². The summed E-state index contributed by atoms with van der Waals surface area (Å²) in [6.07, 6.45) is 2.15. The first kappa shape index (κ1) is 12.1. The first-order valence-electron chi connectivity index (χ1n) is 5.72. The summed E-state index contributed by atoms with van der Waals surface area (Å²) in [7, 11) is 0.0966. The van der Waals surface area contributed by atoms with Crippen LogP contribution < -0.4 is 0 Å². The van der Waals surface area contributed by atoms with Gasteiger partial charge in [-0.1, -0.05) is 36.2 Å². The molecule has 1 heteroatoms. The Morgan fingerprint density at radius 3 is 2.18 bits per heavy atom. The van der Waals surface area contributed by atoms with Crippen molar-refractivity contribution in [2.75, 3.05) is 6.26 Å². The molecular weight excluding hydrogens is 224 g/mol. The van der Waals surface area contributed by atoms with E-state index in [4.69, 9.17) is 0 Å². The van der Waals surface area contributed by atoms with E-state index in [9.17, 15) is 0 Å². The molecule has 0 spiro atoms. The maximum Gasteiger partial charge on any atom is 0.000895 e. The van der Waals surface area contributed by atoms with Crippen LogP contribution >= 0.6 is 10.5 Å². The van der Waals surface area contributed by atoms with Crippen molar-refractivity contribution in [1.82, 2.24) is 0 Å². The molecular formula is C16H18S. The third-order valence-electron chi connectivity index (χ3n) is 3.17. The van der Waals surface area contributed by atoms with Gasteiger partial charge in [0, 0.05) is 4.90 Å². The topological polar surface area (TPSA) is 0 Å². The van der Waals surface area contributed by atoms with E-state index in [1.807, 2.05) is 0 Å². The van der Waals surface area contributed by atoms with Crippen LogP contribution in [0.2, 0.25) is 0 Å². The Hall–Kier alpha value is -1.34. The molecule has 0 amide bonds. The van der Waals surface area contributed by atoms with Gasteiger partial charge >= 0.3 is 0 Å². The average Bonchev–Trinajstić information content (AvgIpc) is 2.33. The Morgan fingerprint density at radius 2 is 1.59 bits per heavy atom. The summed E-state index contributed by atoms with van der Waals surface area (Å²) in [6.45, 7) is 4.34. The van der Waals surface area contributed by atoms with Gasteiger partial charge in [0.2, 0.25) is 0 Å². The Labute approximate surface area is 106 Å². The number of hydrogen-bond acceptors (Lipinski definition) is 0. The first-order chi connectivity index (χ1) is 8.09. The molecule has 1 atom stereocenters. The summed E-state index contributed by atoms with van der Waals surface area (Å²) >= 11 is 0. The van der Waals surface area contributed by atoms with Crippen LogP contribution in [-0.4, -0.2) is 12.1 Å². The predicted molar refractivity (Wildman–Crippen MR) is 80.3 cm³/mol. The van der Waals surface area contributed by atoms with Crippen LogP contribution in [0.1, 0.15) is 11.1 Å². The lowest BCUT2D eigenvalue weighted by atomic mass is 9.97. The molecule has 0 aliphatic heterocycles. The summed E-state index contributed by atoms with van der Waals surface area (Å²) in [6, 6.07) is 15.2. The predicted octanol–water partition coefficient (Wildman–Crippen LogP) is 4.66. The van der Waals surface area contributed by atoms with Crippen LogP contribution in [0.5, 0.6) is 0 Å². The molecule has 0 bridgehead atoms. The minimum absolute atomic E-state index is 0.0966. The fourth-order valence-corrected chi connectivity index (χ4v) is 2.53. The van der Waals surface area contributed by atoms with Crippen molar-refractivity contribution >= 4 is 16.4 Å². The molecule has 0 heterocycles. The Kier molecular flexibility index (Phi) is 3.49. The molecule has 88 valence electrons. The van der Waals surface area contributed by atoms with Gasteiger partial charge in [-0.25, -0.2) is 0 Å². The summed E-state index contributed by atoms with van der Waals surface area (Å²) in [5.41, 5.74) is 5.33. The van der Waals surface area contributed by atoms with Gasteiger partial charge in [0.05, 0.1) is 0 Å². The molecule has 0 aliphatic rings. The highest BCUT2D eigenvalue weighted by atomic mass is 32.2. The van der Waals surface area contributed by atoms with Crippen LogP contribution in [0.3, 0.4) is 0 Å². The van der Waals surface area contributed by atoms with Gasteiger partial charge < -0.3 is 0 Å². The minimum atomic E-state index is 0.0966. The van der Waals surface area contributed by atoms with Crippen LogP contribution in [0.4, 0.5) is 0 Å². The minimum Gasteiger partial charge on any atom is -0.165 e. The highest BCUT2D eigenvalue weighted by molar-refractivity contribution is 8.13. The third kappa shape index (κ3) is 2.50. The van der Waals surface area contributed by atoms with E-state index in [2.05, 4.69) is 68.4 Å². The van der Waals surface area contributed by atoms with E-state index < -0.39 is 0 Å². The van der Waals surface area contributed by atoms with Gasteiger partial charge in [0.1, 0.15) is 0 Å². The van der Waals surface area contributed by atoms with Gasteiger partial charge in [-0.15, -0.1) is 0 Å². The fraction of sp³-hybridized carbons (Fsp3) is 0.188. The maximum atomic E-state index is 4.07. The van der Waals surface area contributed by atoms with Crippen LogP contribution in [0.15, 0.2) is 47.4 Å². The summed E-state index contributed by atoms with van der Waals surface area (Å²) in [5.74, 6) is 4.07.